The van der Waals surface area contributed by atoms with Crippen LogP contribution < -0.4 is 11.4 Å². The van der Waals surface area contributed by atoms with Crippen molar-refractivity contribution < 1.29 is 33.7 Å². The van der Waals surface area contributed by atoms with Crippen LogP contribution in [-0.2, 0) is 18.6 Å². The summed E-state index contributed by atoms with van der Waals surface area (Å²) in [7, 11) is -4.09. The van der Waals surface area contributed by atoms with Crippen LogP contribution in [-0.4, -0.2) is 80.6 Å². The van der Waals surface area contributed by atoms with Gasteiger partial charge < -0.3 is 30.3 Å². The van der Waals surface area contributed by atoms with E-state index in [0.29, 0.717) is 13.2 Å². The smallest absolute Gasteiger partial charge is 0.387 e. The van der Waals surface area contributed by atoms with Crippen LogP contribution in [0.4, 0.5) is 5.82 Å². The number of nitrogen functional groups attached to an aromatic ring is 1. The molecule has 0 spiro atoms. The molecule has 0 aliphatic carbocycles. The third-order valence-corrected chi connectivity index (χ3v) is 5.82. The molecule has 5 atom stereocenters. The molecule has 2 fully saturated rings. The Morgan fingerprint density at radius 2 is 2.04 bits per heavy atom. The molecule has 12 nitrogen and oxygen atoms in total. The van der Waals surface area contributed by atoms with Gasteiger partial charge in [-0.1, -0.05) is 0 Å². The molecule has 2 aliphatic heterocycles. The van der Waals surface area contributed by atoms with E-state index in [0.717, 1.165) is 4.57 Å². The van der Waals surface area contributed by atoms with Crippen LogP contribution in [0.2, 0.25) is 0 Å². The van der Waals surface area contributed by atoms with E-state index in [-0.39, 0.29) is 18.9 Å². The second-order valence-electron chi connectivity index (χ2n) is 5.94. The summed E-state index contributed by atoms with van der Waals surface area (Å²) in [5, 5.41) is 20.3. The highest BCUT2D eigenvalue weighted by Crippen LogP contribution is 2.47. The minimum Gasteiger partial charge on any atom is -0.387 e. The molecule has 2 saturated heterocycles. The molecule has 0 aromatic carbocycles. The maximum atomic E-state index is 12.3. The van der Waals surface area contributed by atoms with E-state index in [1.165, 1.54) is 16.9 Å². The van der Waals surface area contributed by atoms with Crippen molar-refractivity contribution in [2.24, 2.45) is 0 Å². The van der Waals surface area contributed by atoms with Crippen molar-refractivity contribution in [1.82, 2.24) is 14.2 Å². The van der Waals surface area contributed by atoms with E-state index in [9.17, 15) is 24.5 Å². The number of rotatable bonds is 5. The third kappa shape index (κ3) is 3.97. The van der Waals surface area contributed by atoms with Gasteiger partial charge in [0.15, 0.2) is 6.23 Å². The number of aliphatic hydroxyl groups is 2. The van der Waals surface area contributed by atoms with Crippen LogP contribution in [0.1, 0.15) is 6.23 Å². The fourth-order valence-electron chi connectivity index (χ4n) is 2.77. The Kier molecular flexibility index (Phi) is 5.75. The van der Waals surface area contributed by atoms with E-state index in [1.54, 1.807) is 0 Å². The van der Waals surface area contributed by atoms with Crippen molar-refractivity contribution in [1.29, 1.82) is 0 Å². The van der Waals surface area contributed by atoms with Crippen molar-refractivity contribution >= 4 is 13.6 Å². The van der Waals surface area contributed by atoms with E-state index in [2.05, 4.69) is 4.98 Å². The lowest BCUT2D eigenvalue weighted by Gasteiger charge is -2.30. The number of hydrogen-bond acceptors (Lipinski definition) is 9. The van der Waals surface area contributed by atoms with Gasteiger partial charge in [-0.25, -0.2) is 14.0 Å². The Hall–Kier alpha value is -1.37. The summed E-state index contributed by atoms with van der Waals surface area (Å²) in [5.41, 5.74) is 4.65. The number of aliphatic hydroxyl groups excluding tert-OH is 2. The molecule has 0 saturated carbocycles. The lowest BCUT2D eigenvalue weighted by molar-refractivity contribution is -0.0545. The second kappa shape index (κ2) is 7.71. The molecule has 26 heavy (non-hydrogen) atoms. The molecule has 0 bridgehead atoms. The van der Waals surface area contributed by atoms with Crippen LogP contribution in [0, 0.1) is 0 Å². The third-order valence-electron chi connectivity index (χ3n) is 4.21. The van der Waals surface area contributed by atoms with Gasteiger partial charge in [-0.2, -0.15) is 4.98 Å². The minimum absolute atomic E-state index is 0.00546. The summed E-state index contributed by atoms with van der Waals surface area (Å²) in [6.07, 6.45) is -3.93. The number of morpholine rings is 1. The zero-order valence-corrected chi connectivity index (χ0v) is 14.6. The summed E-state index contributed by atoms with van der Waals surface area (Å²) in [4.78, 5) is 25.4. The maximum Gasteiger partial charge on any atom is 0.405 e. The van der Waals surface area contributed by atoms with Crippen molar-refractivity contribution in [3.63, 3.8) is 0 Å². The lowest BCUT2D eigenvalue weighted by Crippen LogP contribution is -2.37. The highest BCUT2D eigenvalue weighted by molar-refractivity contribution is 7.50. The topological polar surface area (TPSA) is 170 Å². The minimum atomic E-state index is -4.09. The molecule has 5 N–H and O–H groups in total. The first kappa shape index (κ1) is 19.4. The summed E-state index contributed by atoms with van der Waals surface area (Å²) in [6, 6.07) is 1.34. The zero-order valence-electron chi connectivity index (χ0n) is 13.7. The predicted molar refractivity (Wildman–Crippen MR) is 87.0 cm³/mol. The molecular weight excluding hydrogens is 371 g/mol. The fourth-order valence-corrected chi connectivity index (χ4v) is 3.95. The number of aromatic nitrogens is 2. The normalized spacial score (nSPS) is 32.4. The fraction of sp³-hybridized carbons (Fsp3) is 0.692. The van der Waals surface area contributed by atoms with Gasteiger partial charge in [-0.3, -0.25) is 9.09 Å². The average Bonchev–Trinajstić information content (AvgIpc) is 2.89. The SMILES string of the molecule is Nc1ccn([C@@H]2O[C@H](COP(=O)(O)N3CCOCC3)C(O)C2O)c(=O)n1. The summed E-state index contributed by atoms with van der Waals surface area (Å²) in [6.45, 7) is 0.644. The number of hydrogen-bond donors (Lipinski definition) is 4. The van der Waals surface area contributed by atoms with Crippen LogP contribution in [0.3, 0.4) is 0 Å². The van der Waals surface area contributed by atoms with Crippen molar-refractivity contribution in [3.8, 4) is 0 Å². The summed E-state index contributed by atoms with van der Waals surface area (Å²) >= 11 is 0. The first-order valence-corrected chi connectivity index (χ1v) is 9.49. The zero-order chi connectivity index (χ0) is 18.9. The van der Waals surface area contributed by atoms with Crippen LogP contribution in [0.15, 0.2) is 17.1 Å². The highest BCUT2D eigenvalue weighted by Gasteiger charge is 2.45. The van der Waals surface area contributed by atoms with E-state index in [1.807, 2.05) is 0 Å². The van der Waals surface area contributed by atoms with Gasteiger partial charge in [0.05, 0.1) is 19.8 Å². The highest BCUT2D eigenvalue weighted by atomic mass is 31.2. The quantitative estimate of drug-likeness (QED) is 0.405. The maximum absolute atomic E-state index is 12.3. The van der Waals surface area contributed by atoms with Crippen LogP contribution in [0.25, 0.3) is 0 Å². The molecule has 0 amide bonds. The monoisotopic (exact) mass is 392 g/mol. The van der Waals surface area contributed by atoms with Crippen LogP contribution in [0.5, 0.6) is 0 Å². The molecular formula is C13H21N4O8P. The van der Waals surface area contributed by atoms with Gasteiger partial charge in [-0.05, 0) is 6.07 Å². The summed E-state index contributed by atoms with van der Waals surface area (Å²) in [5.74, 6) is 0.00546. The van der Waals surface area contributed by atoms with Crippen molar-refractivity contribution in [2.45, 2.75) is 24.5 Å². The Morgan fingerprint density at radius 3 is 2.69 bits per heavy atom. The van der Waals surface area contributed by atoms with Gasteiger partial charge in [0, 0.05) is 19.3 Å². The van der Waals surface area contributed by atoms with Crippen LogP contribution >= 0.6 is 7.75 Å². The van der Waals surface area contributed by atoms with Gasteiger partial charge in [0.2, 0.25) is 0 Å². The molecule has 1 aromatic heterocycles. The number of anilines is 1. The predicted octanol–water partition coefficient (Wildman–Crippen LogP) is -2.11. The first-order valence-electron chi connectivity index (χ1n) is 7.96. The molecule has 0 radical (unpaired) electrons. The van der Waals surface area contributed by atoms with Gasteiger partial charge in [-0.15, -0.1) is 0 Å². The largest absolute Gasteiger partial charge is 0.405 e. The number of nitrogens with two attached hydrogens (primary N) is 1. The molecule has 3 unspecified atom stereocenters. The standard InChI is InChI=1S/C13H21N4O8P/c14-9-1-2-17(13(20)15-9)12-11(19)10(18)8(25-12)7-24-26(21,22)16-3-5-23-6-4-16/h1-2,8,10-12,18-19H,3-7H2,(H,21,22)(H2,14,15,20)/t8-,10?,11?,12-/m1/s1. The molecule has 13 heteroatoms. The first-order chi connectivity index (χ1) is 12.3. The van der Waals surface area contributed by atoms with Crippen molar-refractivity contribution in [2.75, 3.05) is 38.6 Å². The second-order valence-corrected chi connectivity index (χ2v) is 7.75. The molecule has 3 rings (SSSR count). The number of ether oxygens (including phenoxy) is 2. The van der Waals surface area contributed by atoms with Gasteiger partial charge in [0.25, 0.3) is 0 Å². The van der Waals surface area contributed by atoms with E-state index < -0.39 is 44.6 Å². The van der Waals surface area contributed by atoms with Gasteiger partial charge >= 0.3 is 13.4 Å². The molecule has 2 aliphatic rings. The Labute approximate surface area is 148 Å². The summed E-state index contributed by atoms with van der Waals surface area (Å²) < 4.78 is 30.1. The Morgan fingerprint density at radius 1 is 1.35 bits per heavy atom. The van der Waals surface area contributed by atoms with Gasteiger partial charge in [0.1, 0.15) is 24.1 Å². The average molecular weight is 392 g/mol. The van der Waals surface area contributed by atoms with E-state index in [4.69, 9.17) is 19.7 Å². The Bertz CT molecular complexity index is 739. The molecule has 146 valence electrons. The Balaban J connectivity index is 1.66. The van der Waals surface area contributed by atoms with E-state index >= 15 is 0 Å². The molecule has 3 heterocycles. The lowest BCUT2D eigenvalue weighted by atomic mass is 10.1. The van der Waals surface area contributed by atoms with Crippen molar-refractivity contribution in [3.05, 3.63) is 22.7 Å². The number of nitrogens with zero attached hydrogens (tertiary/aromatic N) is 3. The molecule has 1 aromatic rings.